The Morgan fingerprint density at radius 3 is 2.57 bits per heavy atom. The average molecular weight is 337 g/mol. The number of aromatic nitrogens is 2. The zero-order valence-electron chi connectivity index (χ0n) is 13.2. The van der Waals surface area contributed by atoms with E-state index in [2.05, 4.69) is 15.3 Å². The molecule has 7 heteroatoms. The number of anilines is 2. The second kappa shape index (κ2) is 7.37. The van der Waals surface area contributed by atoms with Gasteiger partial charge in [0.1, 0.15) is 23.2 Å². The van der Waals surface area contributed by atoms with E-state index in [0.717, 1.165) is 13.1 Å². The Morgan fingerprint density at radius 1 is 1.26 bits per heavy atom. The summed E-state index contributed by atoms with van der Waals surface area (Å²) in [6.07, 6.45) is 0. The van der Waals surface area contributed by atoms with Gasteiger partial charge in [0.2, 0.25) is 0 Å². The fourth-order valence-corrected chi connectivity index (χ4v) is 2.33. The van der Waals surface area contributed by atoms with Crippen molar-refractivity contribution in [3.8, 4) is 0 Å². The lowest BCUT2D eigenvalue weighted by Crippen LogP contribution is -2.24. The van der Waals surface area contributed by atoms with Crippen molar-refractivity contribution in [3.63, 3.8) is 0 Å². The largest absolute Gasteiger partial charge is 0.357 e. The summed E-state index contributed by atoms with van der Waals surface area (Å²) in [5.74, 6) is 0.277. The Balaban J connectivity index is 2.26. The van der Waals surface area contributed by atoms with Crippen LogP contribution in [0.25, 0.3) is 0 Å². The number of halogens is 2. The first-order valence-corrected chi connectivity index (χ1v) is 7.69. The molecule has 0 aliphatic carbocycles. The van der Waals surface area contributed by atoms with Crippen molar-refractivity contribution in [1.29, 1.82) is 0 Å². The first-order chi connectivity index (χ1) is 10.9. The summed E-state index contributed by atoms with van der Waals surface area (Å²) < 4.78 is 13.2. The quantitative estimate of drug-likeness (QED) is 0.905. The van der Waals surface area contributed by atoms with Crippen LogP contribution in [0, 0.1) is 12.7 Å². The van der Waals surface area contributed by atoms with Gasteiger partial charge < -0.3 is 10.2 Å². The van der Waals surface area contributed by atoms with Crippen molar-refractivity contribution in [2.24, 2.45) is 0 Å². The van der Waals surface area contributed by atoms with E-state index in [1.807, 2.05) is 18.7 Å². The summed E-state index contributed by atoms with van der Waals surface area (Å²) >= 11 is 5.71. The van der Waals surface area contributed by atoms with Gasteiger partial charge in [-0.1, -0.05) is 11.6 Å². The van der Waals surface area contributed by atoms with Gasteiger partial charge in [0.25, 0.3) is 5.91 Å². The second-order valence-electron chi connectivity index (χ2n) is 4.91. The van der Waals surface area contributed by atoms with Gasteiger partial charge in [-0.25, -0.2) is 14.4 Å². The maximum Gasteiger partial charge on any atom is 0.274 e. The van der Waals surface area contributed by atoms with E-state index >= 15 is 0 Å². The molecule has 5 nitrogen and oxygen atoms in total. The highest BCUT2D eigenvalue weighted by Crippen LogP contribution is 2.20. The summed E-state index contributed by atoms with van der Waals surface area (Å²) in [5.41, 5.74) is 0.655. The summed E-state index contributed by atoms with van der Waals surface area (Å²) in [7, 11) is 0. The number of carbonyl (C=O) groups is 1. The number of carbonyl (C=O) groups excluding carboxylic acids is 1. The van der Waals surface area contributed by atoms with Crippen LogP contribution in [0.2, 0.25) is 5.02 Å². The Kier molecular flexibility index (Phi) is 5.50. The molecule has 0 unspecified atom stereocenters. The highest BCUT2D eigenvalue weighted by Gasteiger charge is 2.14. The fraction of sp³-hybridized carbons (Fsp3) is 0.312. The molecule has 0 saturated heterocycles. The minimum Gasteiger partial charge on any atom is -0.357 e. The molecule has 1 aromatic carbocycles. The molecule has 0 fully saturated rings. The third kappa shape index (κ3) is 4.16. The van der Waals surface area contributed by atoms with Gasteiger partial charge in [0.15, 0.2) is 0 Å². The first kappa shape index (κ1) is 17.1. The van der Waals surface area contributed by atoms with Crippen molar-refractivity contribution >= 4 is 29.0 Å². The Morgan fingerprint density at radius 2 is 1.96 bits per heavy atom. The molecule has 1 aromatic heterocycles. The van der Waals surface area contributed by atoms with E-state index in [4.69, 9.17) is 11.6 Å². The maximum atomic E-state index is 13.2. The van der Waals surface area contributed by atoms with E-state index in [0.29, 0.717) is 17.3 Å². The number of aryl methyl sites for hydroxylation is 1. The Bertz CT molecular complexity index is 719. The van der Waals surface area contributed by atoms with Crippen LogP contribution in [0.4, 0.5) is 15.9 Å². The van der Waals surface area contributed by atoms with E-state index in [1.165, 1.54) is 18.2 Å². The van der Waals surface area contributed by atoms with E-state index in [9.17, 15) is 9.18 Å². The van der Waals surface area contributed by atoms with Crippen LogP contribution < -0.4 is 10.2 Å². The molecule has 0 spiro atoms. The maximum absolute atomic E-state index is 13.2. The minimum atomic E-state index is -0.536. The fourth-order valence-electron chi connectivity index (χ4n) is 2.15. The third-order valence-corrected chi connectivity index (χ3v) is 3.61. The van der Waals surface area contributed by atoms with Gasteiger partial charge in [-0.05, 0) is 39.0 Å². The summed E-state index contributed by atoms with van der Waals surface area (Å²) in [5, 5.41) is 2.61. The Labute approximate surface area is 139 Å². The lowest BCUT2D eigenvalue weighted by atomic mass is 10.3. The molecule has 0 atom stereocenters. The molecule has 1 N–H and O–H groups in total. The standard InChI is InChI=1S/C16H18ClFN4O/c1-4-22(5-2)15-9-14(19-10(3)20-15)16(23)21-11-6-7-13(18)12(17)8-11/h6-9H,4-5H2,1-3H3,(H,21,23). The molecular weight excluding hydrogens is 319 g/mol. The van der Waals surface area contributed by atoms with Crippen LogP contribution in [-0.2, 0) is 0 Å². The topological polar surface area (TPSA) is 58.1 Å². The number of benzene rings is 1. The van der Waals surface area contributed by atoms with E-state index in [-0.39, 0.29) is 10.7 Å². The van der Waals surface area contributed by atoms with Crippen LogP contribution in [0.1, 0.15) is 30.2 Å². The predicted octanol–water partition coefficient (Wildman–Crippen LogP) is 3.68. The van der Waals surface area contributed by atoms with Crippen molar-refractivity contribution in [3.05, 3.63) is 46.6 Å². The van der Waals surface area contributed by atoms with Crippen LogP contribution in [-0.4, -0.2) is 29.0 Å². The van der Waals surface area contributed by atoms with E-state index < -0.39 is 11.7 Å². The molecule has 0 bridgehead atoms. The van der Waals surface area contributed by atoms with Gasteiger partial charge in [-0.2, -0.15) is 0 Å². The molecule has 1 amide bonds. The molecular formula is C16H18ClFN4O. The highest BCUT2D eigenvalue weighted by atomic mass is 35.5. The van der Waals surface area contributed by atoms with Gasteiger partial charge in [-0.15, -0.1) is 0 Å². The number of rotatable bonds is 5. The van der Waals surface area contributed by atoms with Crippen LogP contribution in [0.15, 0.2) is 24.3 Å². The molecule has 0 radical (unpaired) electrons. The summed E-state index contributed by atoms with van der Waals surface area (Å²) in [6, 6.07) is 5.64. The van der Waals surface area contributed by atoms with Gasteiger partial charge >= 0.3 is 0 Å². The van der Waals surface area contributed by atoms with Crippen molar-refractivity contribution < 1.29 is 9.18 Å². The van der Waals surface area contributed by atoms with Gasteiger partial charge in [-0.3, -0.25) is 4.79 Å². The number of nitrogens with zero attached hydrogens (tertiary/aromatic N) is 3. The lowest BCUT2D eigenvalue weighted by Gasteiger charge is -2.20. The number of hydrogen-bond acceptors (Lipinski definition) is 4. The lowest BCUT2D eigenvalue weighted by molar-refractivity contribution is 0.102. The van der Waals surface area contributed by atoms with Crippen molar-refractivity contribution in [2.45, 2.75) is 20.8 Å². The van der Waals surface area contributed by atoms with Crippen LogP contribution >= 0.6 is 11.6 Å². The normalized spacial score (nSPS) is 10.5. The molecule has 1 heterocycles. The monoisotopic (exact) mass is 336 g/mol. The zero-order valence-corrected chi connectivity index (χ0v) is 14.0. The molecule has 2 rings (SSSR count). The molecule has 2 aromatic rings. The summed E-state index contributed by atoms with van der Waals surface area (Å²) in [4.78, 5) is 22.9. The van der Waals surface area contributed by atoms with Crippen molar-refractivity contribution in [1.82, 2.24) is 9.97 Å². The van der Waals surface area contributed by atoms with Crippen LogP contribution in [0.3, 0.4) is 0 Å². The van der Waals surface area contributed by atoms with Gasteiger partial charge in [0.05, 0.1) is 5.02 Å². The zero-order chi connectivity index (χ0) is 17.0. The molecule has 0 aliphatic rings. The van der Waals surface area contributed by atoms with E-state index in [1.54, 1.807) is 13.0 Å². The minimum absolute atomic E-state index is 0.0505. The third-order valence-electron chi connectivity index (χ3n) is 3.32. The number of nitrogens with one attached hydrogen (secondary N) is 1. The molecule has 23 heavy (non-hydrogen) atoms. The smallest absolute Gasteiger partial charge is 0.274 e. The van der Waals surface area contributed by atoms with Crippen LogP contribution in [0.5, 0.6) is 0 Å². The predicted molar refractivity (Wildman–Crippen MR) is 89.7 cm³/mol. The number of amides is 1. The number of hydrogen-bond donors (Lipinski definition) is 1. The molecule has 0 saturated carbocycles. The second-order valence-corrected chi connectivity index (χ2v) is 5.32. The molecule has 122 valence electrons. The summed E-state index contributed by atoms with van der Waals surface area (Å²) in [6.45, 7) is 7.32. The van der Waals surface area contributed by atoms with Gasteiger partial charge in [0, 0.05) is 24.8 Å². The average Bonchev–Trinajstić information content (AvgIpc) is 2.51. The molecule has 0 aliphatic heterocycles. The first-order valence-electron chi connectivity index (χ1n) is 7.31. The highest BCUT2D eigenvalue weighted by molar-refractivity contribution is 6.31. The van der Waals surface area contributed by atoms with Crippen molar-refractivity contribution in [2.75, 3.05) is 23.3 Å². The SMILES string of the molecule is CCN(CC)c1cc(C(=O)Nc2ccc(F)c(Cl)c2)nc(C)n1. The Hall–Kier alpha value is -2.21.